The lowest BCUT2D eigenvalue weighted by atomic mass is 9.83. The molecule has 2 aromatic carbocycles. The minimum atomic E-state index is -0.958. The minimum absolute atomic E-state index is 0.0137. The van der Waals surface area contributed by atoms with Crippen molar-refractivity contribution in [1.29, 1.82) is 5.26 Å². The van der Waals surface area contributed by atoms with Crippen LogP contribution in [0, 0.1) is 17.1 Å². The Hall–Kier alpha value is -4.49. The number of hydrogen-bond donors (Lipinski definition) is 2. The number of benzene rings is 2. The van der Waals surface area contributed by atoms with Crippen molar-refractivity contribution in [1.82, 2.24) is 9.88 Å². The number of esters is 1. The molecule has 2 heterocycles. The van der Waals surface area contributed by atoms with Crippen molar-refractivity contribution in [2.24, 2.45) is 5.73 Å². The molecule has 3 N–H and O–H groups in total. The first-order valence-corrected chi connectivity index (χ1v) is 11.2. The molecule has 0 bridgehead atoms. The smallest absolute Gasteiger partial charge is 0.332 e. The highest BCUT2D eigenvalue weighted by molar-refractivity contribution is 7.07. The van der Waals surface area contributed by atoms with Crippen LogP contribution >= 0.6 is 11.3 Å². The fourth-order valence-electron chi connectivity index (χ4n) is 3.80. The molecule has 4 rings (SSSR count). The summed E-state index contributed by atoms with van der Waals surface area (Å²) in [6, 6.07) is 16.5. The van der Waals surface area contributed by atoms with Gasteiger partial charge in [0.15, 0.2) is 0 Å². The SMILES string of the molecule is COC(=O)/C=c1\sc2n(c1=O)C(N)=C(C#N)[C@H](c1ccc(F)cc1)C=2C(=O)NCc1ccccc1. The molecule has 0 spiro atoms. The first kappa shape index (κ1) is 23.7. The summed E-state index contributed by atoms with van der Waals surface area (Å²) in [5, 5.41) is 12.8. The number of ether oxygens (including phenoxy) is 1. The van der Waals surface area contributed by atoms with Gasteiger partial charge in [-0.1, -0.05) is 42.5 Å². The third-order valence-corrected chi connectivity index (χ3v) is 6.57. The van der Waals surface area contributed by atoms with Gasteiger partial charge in [-0.15, -0.1) is 11.3 Å². The maximum Gasteiger partial charge on any atom is 0.332 e. The lowest BCUT2D eigenvalue weighted by Crippen LogP contribution is -2.42. The van der Waals surface area contributed by atoms with E-state index in [1.807, 2.05) is 36.4 Å². The second-order valence-corrected chi connectivity index (χ2v) is 8.59. The number of nitrogens with two attached hydrogens (primary N) is 1. The Morgan fingerprint density at radius 1 is 1.23 bits per heavy atom. The number of halogens is 1. The summed E-state index contributed by atoms with van der Waals surface area (Å²) in [7, 11) is 1.17. The zero-order valence-corrected chi connectivity index (χ0v) is 19.3. The highest BCUT2D eigenvalue weighted by Crippen LogP contribution is 2.36. The number of hydrogen-bond acceptors (Lipinski definition) is 7. The Kier molecular flexibility index (Phi) is 6.62. The van der Waals surface area contributed by atoms with Gasteiger partial charge in [-0.2, -0.15) is 5.26 Å². The second-order valence-electron chi connectivity index (χ2n) is 7.56. The number of amides is 1. The number of carbonyl (C=O) groups is 2. The quantitative estimate of drug-likeness (QED) is 0.512. The van der Waals surface area contributed by atoms with Crippen LogP contribution in [0.5, 0.6) is 0 Å². The van der Waals surface area contributed by atoms with Gasteiger partial charge < -0.3 is 15.8 Å². The summed E-state index contributed by atoms with van der Waals surface area (Å²) in [6.07, 6.45) is 1.00. The molecular weight excluding hydrogens is 471 g/mol. The molecule has 0 unspecified atom stereocenters. The monoisotopic (exact) mass is 490 g/mol. The number of nitrogens with one attached hydrogen (secondary N) is 1. The van der Waals surface area contributed by atoms with Crippen LogP contribution in [-0.4, -0.2) is 23.6 Å². The number of methoxy groups -OCH3 is 1. The molecule has 1 atom stereocenters. The van der Waals surface area contributed by atoms with Crippen LogP contribution < -0.4 is 25.8 Å². The molecule has 0 fully saturated rings. The van der Waals surface area contributed by atoms with Gasteiger partial charge in [0.2, 0.25) is 0 Å². The zero-order valence-electron chi connectivity index (χ0n) is 18.4. The van der Waals surface area contributed by atoms with Gasteiger partial charge in [0, 0.05) is 12.6 Å². The standard InChI is InChI=1S/C25H19FN4O4S/c1-34-19(31)11-18-24(33)30-22(28)17(12-27)20(15-7-9-16(26)10-8-15)21(25(30)35-18)23(32)29-13-14-5-3-2-4-6-14/h2-11,20H,13,28H2,1H3,(H,29,32)/b18-11-/t20-/m0/s1. The maximum absolute atomic E-state index is 13.6. The Morgan fingerprint density at radius 3 is 2.54 bits per heavy atom. The molecule has 1 aromatic heterocycles. The summed E-state index contributed by atoms with van der Waals surface area (Å²) in [5.41, 5.74) is 6.91. The average molecular weight is 491 g/mol. The molecule has 176 valence electrons. The van der Waals surface area contributed by atoms with Gasteiger partial charge >= 0.3 is 5.97 Å². The first-order chi connectivity index (χ1) is 16.8. The van der Waals surface area contributed by atoms with E-state index in [-0.39, 0.29) is 32.7 Å². The highest BCUT2D eigenvalue weighted by Gasteiger charge is 2.35. The van der Waals surface area contributed by atoms with Gasteiger partial charge in [-0.25, -0.2) is 9.18 Å². The van der Waals surface area contributed by atoms with Crippen LogP contribution in [0.3, 0.4) is 0 Å². The summed E-state index contributed by atoms with van der Waals surface area (Å²) >= 11 is 0.880. The van der Waals surface area contributed by atoms with E-state index in [1.54, 1.807) is 0 Å². The van der Waals surface area contributed by atoms with Crippen molar-refractivity contribution in [3.63, 3.8) is 0 Å². The predicted molar refractivity (Wildman–Crippen MR) is 128 cm³/mol. The number of thiazole rings is 1. The van der Waals surface area contributed by atoms with Gasteiger partial charge in [0.1, 0.15) is 20.8 Å². The van der Waals surface area contributed by atoms with E-state index in [0.717, 1.165) is 27.5 Å². The van der Waals surface area contributed by atoms with Crippen molar-refractivity contribution >= 4 is 40.7 Å². The fourth-order valence-corrected chi connectivity index (χ4v) is 4.93. The number of allylic oxidation sites excluding steroid dienone is 1. The number of nitrogens with zero attached hydrogens (tertiary/aromatic N) is 2. The highest BCUT2D eigenvalue weighted by atomic mass is 32.1. The summed E-state index contributed by atoms with van der Waals surface area (Å²) in [5.74, 6) is -2.90. The molecule has 35 heavy (non-hydrogen) atoms. The normalized spacial score (nSPS) is 15.4. The van der Waals surface area contributed by atoms with Gasteiger partial charge in [-0.3, -0.25) is 14.2 Å². The van der Waals surface area contributed by atoms with Crippen molar-refractivity contribution in [3.8, 4) is 6.07 Å². The van der Waals surface area contributed by atoms with Gasteiger partial charge in [0.05, 0.1) is 30.2 Å². The molecule has 10 heteroatoms. The average Bonchev–Trinajstić information content (AvgIpc) is 3.19. The van der Waals surface area contributed by atoms with Crippen LogP contribution in [0.1, 0.15) is 17.0 Å². The molecule has 1 amide bonds. The van der Waals surface area contributed by atoms with E-state index in [0.29, 0.717) is 5.56 Å². The second kappa shape index (κ2) is 9.79. The van der Waals surface area contributed by atoms with E-state index in [2.05, 4.69) is 10.1 Å². The fraction of sp³-hybridized carbons (Fsp3) is 0.120. The lowest BCUT2D eigenvalue weighted by molar-refractivity contribution is -0.133. The molecule has 1 aliphatic rings. The number of carbonyl (C=O) groups excluding carboxylic acids is 2. The number of aromatic nitrogens is 1. The number of nitriles is 1. The molecule has 1 aliphatic heterocycles. The van der Waals surface area contributed by atoms with Crippen LogP contribution in [0.2, 0.25) is 0 Å². The molecule has 0 aliphatic carbocycles. The summed E-state index contributed by atoms with van der Waals surface area (Å²) in [4.78, 5) is 38.4. The first-order valence-electron chi connectivity index (χ1n) is 10.4. The van der Waals surface area contributed by atoms with E-state index >= 15 is 0 Å². The van der Waals surface area contributed by atoms with Crippen LogP contribution in [0.15, 0.2) is 65.0 Å². The molecule has 0 saturated carbocycles. The molecular formula is C25H19FN4O4S. The minimum Gasteiger partial charge on any atom is -0.466 e. The van der Waals surface area contributed by atoms with Crippen LogP contribution in [0.25, 0.3) is 17.5 Å². The topological polar surface area (TPSA) is 127 Å². The Labute approximate surface area is 202 Å². The largest absolute Gasteiger partial charge is 0.466 e. The van der Waals surface area contributed by atoms with Crippen molar-refractivity contribution in [3.05, 3.63) is 96.7 Å². The van der Waals surface area contributed by atoms with Gasteiger partial charge in [-0.05, 0) is 23.3 Å². The van der Waals surface area contributed by atoms with Crippen LogP contribution in [0.4, 0.5) is 4.39 Å². The zero-order chi connectivity index (χ0) is 25.1. The Morgan fingerprint density at radius 2 is 1.91 bits per heavy atom. The van der Waals surface area contributed by atoms with Gasteiger partial charge in [0.25, 0.3) is 11.5 Å². The van der Waals surface area contributed by atoms with E-state index in [4.69, 9.17) is 5.73 Å². The Balaban J connectivity index is 1.98. The van der Waals surface area contributed by atoms with Crippen molar-refractivity contribution < 1.29 is 18.7 Å². The molecule has 8 nitrogen and oxygen atoms in total. The summed E-state index contributed by atoms with van der Waals surface area (Å²) in [6.45, 7) is 0.192. The number of rotatable bonds is 5. The Bertz CT molecular complexity index is 1560. The van der Waals surface area contributed by atoms with E-state index < -0.39 is 29.2 Å². The molecule has 3 aromatic rings. The third-order valence-electron chi connectivity index (χ3n) is 5.46. The van der Waals surface area contributed by atoms with Crippen molar-refractivity contribution in [2.45, 2.75) is 12.5 Å². The molecule has 0 radical (unpaired) electrons. The van der Waals surface area contributed by atoms with Crippen LogP contribution in [-0.2, 0) is 20.9 Å². The lowest BCUT2D eigenvalue weighted by Gasteiger charge is -2.25. The van der Waals surface area contributed by atoms with Crippen molar-refractivity contribution in [2.75, 3.05) is 7.11 Å². The third kappa shape index (κ3) is 4.49. The predicted octanol–water partition coefficient (Wildman–Crippen LogP) is 0.918. The van der Waals surface area contributed by atoms with E-state index in [9.17, 15) is 24.0 Å². The summed E-state index contributed by atoms with van der Waals surface area (Å²) < 4.78 is 19.5. The van der Waals surface area contributed by atoms with E-state index in [1.165, 1.54) is 31.4 Å². The number of fused-ring (bicyclic) bond motifs is 1. The molecule has 0 saturated heterocycles. The maximum atomic E-state index is 13.6.